The van der Waals surface area contributed by atoms with E-state index in [0.29, 0.717) is 15.1 Å². The molecule has 0 aromatic carbocycles. The molecule has 0 amide bonds. The monoisotopic (exact) mass is 350 g/mol. The van der Waals surface area contributed by atoms with Gasteiger partial charge in [-0.2, -0.15) is 0 Å². The van der Waals surface area contributed by atoms with Crippen LogP contribution in [0.5, 0.6) is 0 Å². The Morgan fingerprint density at radius 1 is 1.41 bits per heavy atom. The summed E-state index contributed by atoms with van der Waals surface area (Å²) in [6, 6.07) is 3.76. The minimum atomic E-state index is -0.923. The lowest BCUT2D eigenvalue weighted by atomic mass is 10.1. The van der Waals surface area contributed by atoms with E-state index < -0.39 is 5.97 Å². The Balaban J connectivity index is 1.72. The molecule has 1 fully saturated rings. The van der Waals surface area contributed by atoms with Crippen LogP contribution in [-0.4, -0.2) is 21.0 Å². The molecule has 0 spiro atoms. The number of rotatable bonds is 3. The zero-order valence-corrected chi connectivity index (χ0v) is 13.9. The highest BCUT2D eigenvalue weighted by atomic mass is 35.5. The smallest absolute Gasteiger partial charge is 0.345 e. The number of fused-ring (bicyclic) bond motifs is 1. The van der Waals surface area contributed by atoms with Crippen LogP contribution in [0.15, 0.2) is 17.5 Å². The van der Waals surface area contributed by atoms with Gasteiger partial charge in [0, 0.05) is 11.3 Å². The second kappa shape index (κ2) is 5.01. The van der Waals surface area contributed by atoms with Crippen molar-refractivity contribution in [3.05, 3.63) is 43.8 Å². The number of aryl methyl sites for hydroxylation is 1. The summed E-state index contributed by atoms with van der Waals surface area (Å²) in [5.74, 6) is 0.411. The van der Waals surface area contributed by atoms with Gasteiger partial charge in [0.25, 0.3) is 0 Å². The van der Waals surface area contributed by atoms with Crippen LogP contribution in [-0.2, 0) is 0 Å². The molecule has 1 aliphatic carbocycles. The lowest BCUT2D eigenvalue weighted by Crippen LogP contribution is -1.95. The summed E-state index contributed by atoms with van der Waals surface area (Å²) < 4.78 is 0.581. The number of nitrogens with zero attached hydrogens (tertiary/aromatic N) is 2. The summed E-state index contributed by atoms with van der Waals surface area (Å²) in [6.45, 7) is 1.90. The Kier molecular flexibility index (Phi) is 3.21. The number of carboxylic acids is 1. The largest absolute Gasteiger partial charge is 0.477 e. The summed E-state index contributed by atoms with van der Waals surface area (Å²) >= 11 is 8.98. The van der Waals surface area contributed by atoms with Gasteiger partial charge >= 0.3 is 5.97 Å². The Morgan fingerprint density at radius 3 is 2.95 bits per heavy atom. The molecule has 4 nitrogen and oxygen atoms in total. The minimum absolute atomic E-state index is 0.259. The van der Waals surface area contributed by atoms with Crippen LogP contribution >= 0.6 is 34.3 Å². The molecule has 3 aromatic rings. The molecular weight excluding hydrogens is 340 g/mol. The summed E-state index contributed by atoms with van der Waals surface area (Å²) in [5, 5.41) is 12.2. The number of halogens is 1. The molecule has 0 saturated heterocycles. The second-order valence-electron chi connectivity index (χ2n) is 5.39. The molecule has 22 heavy (non-hydrogen) atoms. The predicted octanol–water partition coefficient (Wildman–Crippen LogP) is 4.68. The fourth-order valence-corrected chi connectivity index (χ4v) is 4.91. The zero-order chi connectivity index (χ0) is 15.4. The Hall–Kier alpha value is -1.50. The first-order valence-electron chi connectivity index (χ1n) is 6.79. The van der Waals surface area contributed by atoms with E-state index >= 15 is 0 Å². The van der Waals surface area contributed by atoms with Gasteiger partial charge in [-0.1, -0.05) is 11.6 Å². The van der Waals surface area contributed by atoms with E-state index in [1.165, 1.54) is 0 Å². The lowest BCUT2D eigenvalue weighted by molar-refractivity contribution is 0.0702. The van der Waals surface area contributed by atoms with Crippen LogP contribution in [0, 0.1) is 6.92 Å². The number of hydrogen-bond acceptors (Lipinski definition) is 5. The number of carboxylic acid groups (broad SMARTS) is 1. The maximum absolute atomic E-state index is 11.1. The van der Waals surface area contributed by atoms with E-state index in [1.807, 2.05) is 12.3 Å². The fraction of sp³-hybridized carbons (Fsp3) is 0.267. The first-order chi connectivity index (χ1) is 10.5. The third kappa shape index (κ3) is 2.22. The maximum Gasteiger partial charge on any atom is 0.345 e. The predicted molar refractivity (Wildman–Crippen MR) is 88.5 cm³/mol. The summed E-state index contributed by atoms with van der Waals surface area (Å²) in [6.07, 6.45) is 0.955. The summed E-state index contributed by atoms with van der Waals surface area (Å²) in [4.78, 5) is 21.5. The third-order valence-electron chi connectivity index (χ3n) is 3.93. The van der Waals surface area contributed by atoms with Crippen LogP contribution < -0.4 is 0 Å². The second-order valence-corrected chi connectivity index (χ2v) is 7.94. The molecule has 0 radical (unpaired) electrons. The molecule has 1 saturated carbocycles. The van der Waals surface area contributed by atoms with E-state index in [0.717, 1.165) is 45.1 Å². The molecule has 0 bridgehead atoms. The number of thiophene rings is 2. The van der Waals surface area contributed by atoms with Crippen LogP contribution in [0.25, 0.3) is 10.2 Å². The van der Waals surface area contributed by atoms with Crippen molar-refractivity contribution in [1.82, 2.24) is 9.97 Å². The average Bonchev–Trinajstić information content (AvgIpc) is 2.91. The fourth-order valence-electron chi connectivity index (χ4n) is 2.85. The van der Waals surface area contributed by atoms with Crippen molar-refractivity contribution >= 4 is 50.5 Å². The van der Waals surface area contributed by atoms with Gasteiger partial charge in [-0.25, -0.2) is 14.8 Å². The molecule has 112 valence electrons. The summed E-state index contributed by atoms with van der Waals surface area (Å²) in [5.41, 5.74) is 2.00. The van der Waals surface area contributed by atoms with E-state index in [2.05, 4.69) is 16.0 Å². The Labute approximate surface area is 139 Å². The van der Waals surface area contributed by atoms with Gasteiger partial charge in [0.05, 0.1) is 10.0 Å². The first-order valence-corrected chi connectivity index (χ1v) is 8.86. The standard InChI is InChI=1S/C15H11ClN2O2S2/c1-6-17-12(7-2-3-21-14(7)18-6)9-4-8(9)10-5-11(15(19)20)22-13(10)16/h2-3,5,8-9H,4H2,1H3,(H,19,20). The number of aromatic nitrogens is 2. The van der Waals surface area contributed by atoms with Crippen molar-refractivity contribution in [2.45, 2.75) is 25.2 Å². The molecule has 0 aliphatic heterocycles. The van der Waals surface area contributed by atoms with Crippen molar-refractivity contribution in [2.75, 3.05) is 0 Å². The molecule has 7 heteroatoms. The highest BCUT2D eigenvalue weighted by Crippen LogP contribution is 2.58. The molecule has 2 atom stereocenters. The zero-order valence-electron chi connectivity index (χ0n) is 11.5. The van der Waals surface area contributed by atoms with Crippen LogP contribution in [0.3, 0.4) is 0 Å². The van der Waals surface area contributed by atoms with E-state index in [9.17, 15) is 4.79 Å². The van der Waals surface area contributed by atoms with E-state index in [-0.39, 0.29) is 5.92 Å². The number of hydrogen-bond donors (Lipinski definition) is 1. The van der Waals surface area contributed by atoms with Crippen LogP contribution in [0.2, 0.25) is 4.34 Å². The van der Waals surface area contributed by atoms with E-state index in [1.54, 1.807) is 17.4 Å². The number of carbonyl (C=O) groups is 1. The van der Waals surface area contributed by atoms with Gasteiger partial charge in [-0.15, -0.1) is 22.7 Å². The topological polar surface area (TPSA) is 63.1 Å². The van der Waals surface area contributed by atoms with Gasteiger partial charge in [0.15, 0.2) is 0 Å². The lowest BCUT2D eigenvalue weighted by Gasteiger charge is -2.03. The van der Waals surface area contributed by atoms with E-state index in [4.69, 9.17) is 16.7 Å². The van der Waals surface area contributed by atoms with Crippen molar-refractivity contribution < 1.29 is 9.90 Å². The molecule has 1 aliphatic rings. The average molecular weight is 351 g/mol. The minimum Gasteiger partial charge on any atom is -0.477 e. The maximum atomic E-state index is 11.1. The highest BCUT2D eigenvalue weighted by molar-refractivity contribution is 7.18. The highest BCUT2D eigenvalue weighted by Gasteiger charge is 2.43. The van der Waals surface area contributed by atoms with Crippen LogP contribution in [0.1, 0.15) is 45.0 Å². The van der Waals surface area contributed by atoms with Crippen LogP contribution in [0.4, 0.5) is 0 Å². The molecule has 3 heterocycles. The van der Waals surface area contributed by atoms with Gasteiger partial charge in [-0.05, 0) is 42.3 Å². The quantitative estimate of drug-likeness (QED) is 0.744. The molecular formula is C15H11ClN2O2S2. The summed E-state index contributed by atoms with van der Waals surface area (Å²) in [7, 11) is 0. The Morgan fingerprint density at radius 2 is 2.23 bits per heavy atom. The molecule has 4 rings (SSSR count). The van der Waals surface area contributed by atoms with Crippen molar-refractivity contribution in [3.63, 3.8) is 0 Å². The Bertz CT molecular complexity index is 902. The molecule has 1 N–H and O–H groups in total. The van der Waals surface area contributed by atoms with Crippen molar-refractivity contribution in [1.29, 1.82) is 0 Å². The molecule has 2 unspecified atom stereocenters. The normalized spacial score (nSPS) is 20.5. The van der Waals surface area contributed by atoms with Gasteiger partial charge in [0.2, 0.25) is 0 Å². The van der Waals surface area contributed by atoms with Gasteiger partial charge < -0.3 is 5.11 Å². The number of aromatic carboxylic acids is 1. The van der Waals surface area contributed by atoms with Crippen molar-refractivity contribution in [3.8, 4) is 0 Å². The van der Waals surface area contributed by atoms with Crippen molar-refractivity contribution in [2.24, 2.45) is 0 Å². The van der Waals surface area contributed by atoms with Gasteiger partial charge in [-0.3, -0.25) is 0 Å². The van der Waals surface area contributed by atoms with Gasteiger partial charge in [0.1, 0.15) is 15.5 Å². The first kappa shape index (κ1) is 14.1. The third-order valence-corrected chi connectivity index (χ3v) is 6.11. The molecule has 3 aromatic heterocycles. The SMILES string of the molecule is Cc1nc(C2CC2c2cc(C(=O)O)sc2Cl)c2ccsc2n1.